The number of benzene rings is 3. The molecule has 2 aromatic heterocycles. The number of para-hydroxylation sites is 1. The van der Waals surface area contributed by atoms with Crippen molar-refractivity contribution < 1.29 is 4.79 Å². The van der Waals surface area contributed by atoms with Crippen LogP contribution in [0.5, 0.6) is 0 Å². The number of rotatable bonds is 5. The standard InChI is InChI=1S/C29H30N4O/c1-5-32-24-14-10-9-13-22(24)23-17-21(15-16-25(23)32)30-28(34)26-18-27(29(2,3)4)31-33(26)19-20-11-7-6-8-12-20/h6-18H,5,19H2,1-4H3,(H,30,34). The Morgan fingerprint density at radius 1 is 0.882 bits per heavy atom. The van der Waals surface area contributed by atoms with Crippen molar-refractivity contribution in [3.05, 3.63) is 95.8 Å². The van der Waals surface area contributed by atoms with Crippen molar-refractivity contribution in [2.75, 3.05) is 5.32 Å². The Morgan fingerprint density at radius 2 is 1.59 bits per heavy atom. The Morgan fingerprint density at radius 3 is 2.32 bits per heavy atom. The molecule has 1 N–H and O–H groups in total. The topological polar surface area (TPSA) is 51.9 Å². The van der Waals surface area contributed by atoms with Gasteiger partial charge in [0, 0.05) is 39.5 Å². The Labute approximate surface area is 200 Å². The number of carbonyl (C=O) groups is 1. The third-order valence-electron chi connectivity index (χ3n) is 6.30. The van der Waals surface area contributed by atoms with Gasteiger partial charge in [-0.3, -0.25) is 9.48 Å². The van der Waals surface area contributed by atoms with E-state index in [1.165, 1.54) is 16.4 Å². The third-order valence-corrected chi connectivity index (χ3v) is 6.30. The Kier molecular flexibility index (Phi) is 5.48. The number of hydrogen-bond donors (Lipinski definition) is 1. The van der Waals surface area contributed by atoms with Gasteiger partial charge in [0.05, 0.1) is 12.2 Å². The SMILES string of the molecule is CCn1c2ccccc2c2cc(NC(=O)c3cc(C(C)(C)C)nn3Cc3ccccc3)ccc21. The average Bonchev–Trinajstić information content (AvgIpc) is 3.39. The van der Waals surface area contributed by atoms with Crippen molar-refractivity contribution in [2.45, 2.75) is 46.2 Å². The van der Waals surface area contributed by atoms with Crippen LogP contribution in [0.4, 0.5) is 5.69 Å². The van der Waals surface area contributed by atoms with E-state index in [0.29, 0.717) is 12.2 Å². The van der Waals surface area contributed by atoms with Crippen molar-refractivity contribution >= 4 is 33.4 Å². The maximum absolute atomic E-state index is 13.4. The highest BCUT2D eigenvalue weighted by molar-refractivity contribution is 6.11. The molecule has 5 rings (SSSR count). The Hall–Kier alpha value is -3.86. The summed E-state index contributed by atoms with van der Waals surface area (Å²) in [6.07, 6.45) is 0. The second-order valence-corrected chi connectivity index (χ2v) is 9.76. The van der Waals surface area contributed by atoms with Crippen molar-refractivity contribution in [2.24, 2.45) is 0 Å². The van der Waals surface area contributed by atoms with Crippen molar-refractivity contribution in [1.82, 2.24) is 14.3 Å². The normalized spacial score (nSPS) is 11.9. The van der Waals surface area contributed by atoms with E-state index >= 15 is 0 Å². The molecule has 0 unspecified atom stereocenters. The van der Waals surface area contributed by atoms with Crippen LogP contribution in [0.1, 0.15) is 49.4 Å². The van der Waals surface area contributed by atoms with E-state index in [2.05, 4.69) is 86.1 Å². The van der Waals surface area contributed by atoms with Crippen LogP contribution in [-0.2, 0) is 18.5 Å². The lowest BCUT2D eigenvalue weighted by Gasteiger charge is -2.14. The molecule has 0 aliphatic rings. The number of hydrogen-bond acceptors (Lipinski definition) is 2. The van der Waals surface area contributed by atoms with Crippen molar-refractivity contribution in [1.29, 1.82) is 0 Å². The molecule has 0 saturated heterocycles. The first-order valence-electron chi connectivity index (χ1n) is 11.8. The molecule has 2 heterocycles. The highest BCUT2D eigenvalue weighted by Gasteiger charge is 2.23. The number of nitrogens with one attached hydrogen (secondary N) is 1. The lowest BCUT2D eigenvalue weighted by molar-refractivity contribution is 0.101. The minimum Gasteiger partial charge on any atom is -0.341 e. The molecule has 0 atom stereocenters. The van der Waals surface area contributed by atoms with E-state index in [1.54, 1.807) is 0 Å². The summed E-state index contributed by atoms with van der Waals surface area (Å²) in [5.41, 5.74) is 5.57. The number of nitrogens with zero attached hydrogens (tertiary/aromatic N) is 3. The molecular formula is C29H30N4O. The second kappa shape index (κ2) is 8.49. The van der Waals surface area contributed by atoms with Gasteiger partial charge in [-0.25, -0.2) is 0 Å². The van der Waals surface area contributed by atoms with E-state index in [4.69, 9.17) is 5.10 Å². The molecule has 0 aliphatic carbocycles. The largest absolute Gasteiger partial charge is 0.341 e. The lowest BCUT2D eigenvalue weighted by Crippen LogP contribution is -2.18. The molecule has 0 fully saturated rings. The first kappa shape index (κ1) is 22.0. The van der Waals surface area contributed by atoms with Gasteiger partial charge in [-0.15, -0.1) is 0 Å². The van der Waals surface area contributed by atoms with Gasteiger partial charge in [0.2, 0.25) is 0 Å². The predicted molar refractivity (Wildman–Crippen MR) is 140 cm³/mol. The zero-order valence-corrected chi connectivity index (χ0v) is 20.2. The number of anilines is 1. The second-order valence-electron chi connectivity index (χ2n) is 9.76. The maximum atomic E-state index is 13.4. The molecule has 34 heavy (non-hydrogen) atoms. The van der Waals surface area contributed by atoms with Gasteiger partial charge in [-0.05, 0) is 42.8 Å². The zero-order valence-electron chi connectivity index (χ0n) is 20.2. The molecule has 3 aromatic carbocycles. The van der Waals surface area contributed by atoms with Gasteiger partial charge in [0.25, 0.3) is 5.91 Å². The molecule has 1 amide bonds. The summed E-state index contributed by atoms with van der Waals surface area (Å²) in [7, 11) is 0. The third kappa shape index (κ3) is 3.98. The predicted octanol–water partition coefficient (Wildman–Crippen LogP) is 6.61. The van der Waals surface area contributed by atoms with Crippen LogP contribution in [0, 0.1) is 0 Å². The highest BCUT2D eigenvalue weighted by Crippen LogP contribution is 2.31. The molecule has 5 nitrogen and oxygen atoms in total. The molecule has 0 saturated carbocycles. The van der Waals surface area contributed by atoms with Gasteiger partial charge < -0.3 is 9.88 Å². The first-order valence-corrected chi connectivity index (χ1v) is 11.8. The Balaban J connectivity index is 1.51. The fraction of sp³-hybridized carbons (Fsp3) is 0.241. The fourth-order valence-corrected chi connectivity index (χ4v) is 4.51. The van der Waals surface area contributed by atoms with Gasteiger partial charge in [0.1, 0.15) is 5.69 Å². The van der Waals surface area contributed by atoms with Crippen LogP contribution >= 0.6 is 0 Å². The molecule has 0 aliphatic heterocycles. The molecule has 0 spiro atoms. The van der Waals surface area contributed by atoms with E-state index in [0.717, 1.165) is 28.9 Å². The summed E-state index contributed by atoms with van der Waals surface area (Å²) in [6.45, 7) is 9.93. The van der Waals surface area contributed by atoms with Gasteiger partial charge in [0.15, 0.2) is 0 Å². The molecule has 0 radical (unpaired) electrons. The van der Waals surface area contributed by atoms with Gasteiger partial charge in [-0.2, -0.15) is 5.10 Å². The van der Waals surface area contributed by atoms with Crippen LogP contribution in [0.15, 0.2) is 78.9 Å². The van der Waals surface area contributed by atoms with Crippen LogP contribution in [0.25, 0.3) is 21.8 Å². The minimum absolute atomic E-state index is 0.155. The van der Waals surface area contributed by atoms with Crippen LogP contribution in [0.2, 0.25) is 0 Å². The van der Waals surface area contributed by atoms with E-state index in [-0.39, 0.29) is 11.3 Å². The van der Waals surface area contributed by atoms with Gasteiger partial charge in [-0.1, -0.05) is 69.3 Å². The quantitative estimate of drug-likeness (QED) is 0.328. The Bertz CT molecular complexity index is 1490. The summed E-state index contributed by atoms with van der Waals surface area (Å²) < 4.78 is 4.12. The molecule has 0 bridgehead atoms. The first-order chi connectivity index (χ1) is 16.3. The van der Waals surface area contributed by atoms with Crippen molar-refractivity contribution in [3.8, 4) is 0 Å². The summed E-state index contributed by atoms with van der Waals surface area (Å²) in [4.78, 5) is 13.4. The summed E-state index contributed by atoms with van der Waals surface area (Å²) in [5.74, 6) is -0.155. The summed E-state index contributed by atoms with van der Waals surface area (Å²) in [6, 6.07) is 26.6. The number of aromatic nitrogens is 3. The molecule has 5 aromatic rings. The number of fused-ring (bicyclic) bond motifs is 3. The number of aryl methyl sites for hydroxylation is 1. The van der Waals surface area contributed by atoms with Gasteiger partial charge >= 0.3 is 0 Å². The molecular weight excluding hydrogens is 420 g/mol. The smallest absolute Gasteiger partial charge is 0.273 e. The van der Waals surface area contributed by atoms with E-state index < -0.39 is 0 Å². The fourth-order valence-electron chi connectivity index (χ4n) is 4.51. The molecule has 172 valence electrons. The van der Waals surface area contributed by atoms with Crippen LogP contribution < -0.4 is 5.32 Å². The summed E-state index contributed by atoms with van der Waals surface area (Å²) >= 11 is 0. The van der Waals surface area contributed by atoms with E-state index in [1.807, 2.05) is 35.0 Å². The molecule has 5 heteroatoms. The van der Waals surface area contributed by atoms with Crippen LogP contribution in [-0.4, -0.2) is 20.3 Å². The van der Waals surface area contributed by atoms with Crippen molar-refractivity contribution in [3.63, 3.8) is 0 Å². The number of carbonyl (C=O) groups excluding carboxylic acids is 1. The maximum Gasteiger partial charge on any atom is 0.273 e. The zero-order chi connectivity index (χ0) is 23.9. The minimum atomic E-state index is -0.155. The number of amides is 1. The average molecular weight is 451 g/mol. The highest BCUT2D eigenvalue weighted by atomic mass is 16.2. The van der Waals surface area contributed by atoms with Crippen LogP contribution in [0.3, 0.4) is 0 Å². The summed E-state index contributed by atoms with van der Waals surface area (Å²) in [5, 5.41) is 10.3. The van der Waals surface area contributed by atoms with E-state index in [9.17, 15) is 4.79 Å². The lowest BCUT2D eigenvalue weighted by atomic mass is 9.92. The monoisotopic (exact) mass is 450 g/mol.